The molecule has 1 amide bonds. The van der Waals surface area contributed by atoms with Gasteiger partial charge in [-0.2, -0.15) is 5.26 Å². The summed E-state index contributed by atoms with van der Waals surface area (Å²) < 4.78 is 13.1. The predicted octanol–water partition coefficient (Wildman–Crippen LogP) is 3.91. The van der Waals surface area contributed by atoms with Gasteiger partial charge in [0.05, 0.1) is 6.61 Å². The summed E-state index contributed by atoms with van der Waals surface area (Å²) in [6.45, 7) is 6.49. The maximum Gasteiger partial charge on any atom is 0.349 e. The zero-order chi connectivity index (χ0) is 22.3. The number of methoxy groups -OCH3 is 1. The van der Waals surface area contributed by atoms with Crippen LogP contribution in [-0.4, -0.2) is 36.8 Å². The lowest BCUT2D eigenvalue weighted by molar-refractivity contribution is -0.142. The highest BCUT2D eigenvalue weighted by Crippen LogP contribution is 2.20. The third-order valence-electron chi connectivity index (χ3n) is 4.55. The van der Waals surface area contributed by atoms with E-state index in [0.717, 1.165) is 27.0 Å². The zero-order valence-electron chi connectivity index (χ0n) is 17.4. The Bertz CT molecular complexity index is 1020. The molecule has 0 bridgehead atoms. The normalized spacial score (nSPS) is 11.1. The van der Waals surface area contributed by atoms with Crippen LogP contribution in [0.3, 0.4) is 0 Å². The van der Waals surface area contributed by atoms with Crippen LogP contribution in [0.4, 0.5) is 5.69 Å². The van der Waals surface area contributed by atoms with Gasteiger partial charge in [0, 0.05) is 35.2 Å². The number of carbonyl (C=O) groups is 2. The summed E-state index contributed by atoms with van der Waals surface area (Å²) >= 11 is 3.39. The van der Waals surface area contributed by atoms with Crippen molar-refractivity contribution in [3.05, 3.63) is 56.8 Å². The molecule has 0 spiro atoms. The lowest BCUT2D eigenvalue weighted by Crippen LogP contribution is -2.21. The molecule has 2 aromatic rings. The topological polar surface area (TPSA) is 93.3 Å². The van der Waals surface area contributed by atoms with Gasteiger partial charge in [-0.25, -0.2) is 4.79 Å². The van der Waals surface area contributed by atoms with Crippen molar-refractivity contribution < 1.29 is 19.1 Å². The first-order valence-corrected chi connectivity index (χ1v) is 10.1. The number of aromatic nitrogens is 1. The van der Waals surface area contributed by atoms with Crippen molar-refractivity contribution in [2.24, 2.45) is 0 Å². The molecule has 0 fully saturated rings. The van der Waals surface area contributed by atoms with E-state index in [9.17, 15) is 14.9 Å². The van der Waals surface area contributed by atoms with Gasteiger partial charge < -0.3 is 19.4 Å². The Hall–Kier alpha value is -2.89. The molecule has 1 aromatic carbocycles. The molecule has 0 saturated heterocycles. The first kappa shape index (κ1) is 23.4. The van der Waals surface area contributed by atoms with Gasteiger partial charge in [0.1, 0.15) is 11.6 Å². The van der Waals surface area contributed by atoms with Crippen LogP contribution in [0.25, 0.3) is 6.08 Å². The first-order valence-electron chi connectivity index (χ1n) is 9.27. The van der Waals surface area contributed by atoms with E-state index in [2.05, 4.69) is 21.2 Å². The van der Waals surface area contributed by atoms with Crippen molar-refractivity contribution in [1.82, 2.24) is 4.57 Å². The number of halogens is 1. The molecule has 1 aromatic heterocycles. The summed E-state index contributed by atoms with van der Waals surface area (Å²) in [5.41, 5.74) is 4.03. The van der Waals surface area contributed by atoms with E-state index >= 15 is 0 Å². The van der Waals surface area contributed by atoms with Crippen LogP contribution in [0.1, 0.15) is 22.5 Å². The third kappa shape index (κ3) is 6.05. The van der Waals surface area contributed by atoms with Gasteiger partial charge in [-0.15, -0.1) is 0 Å². The van der Waals surface area contributed by atoms with E-state index in [-0.39, 0.29) is 5.57 Å². The number of nitriles is 1. The van der Waals surface area contributed by atoms with Crippen molar-refractivity contribution in [2.45, 2.75) is 27.3 Å². The molecule has 0 atom stereocenters. The van der Waals surface area contributed by atoms with Crippen LogP contribution in [0.2, 0.25) is 0 Å². The number of carbonyl (C=O) groups excluding carboxylic acids is 2. The molecule has 158 valence electrons. The molecule has 1 heterocycles. The maximum absolute atomic E-state index is 12.3. The van der Waals surface area contributed by atoms with Gasteiger partial charge in [0.15, 0.2) is 6.61 Å². The van der Waals surface area contributed by atoms with Gasteiger partial charge in [-0.1, -0.05) is 15.9 Å². The molecule has 7 nitrogen and oxygen atoms in total. The van der Waals surface area contributed by atoms with Crippen molar-refractivity contribution in [3.63, 3.8) is 0 Å². The Morgan fingerprint density at radius 2 is 2.00 bits per heavy atom. The number of nitrogens with one attached hydrogen (secondary N) is 1. The van der Waals surface area contributed by atoms with E-state index in [1.807, 2.05) is 43.5 Å². The summed E-state index contributed by atoms with van der Waals surface area (Å²) in [5, 5.41) is 12.0. The third-order valence-corrected chi connectivity index (χ3v) is 5.44. The molecule has 0 unspecified atom stereocenters. The number of anilines is 1. The minimum absolute atomic E-state index is 0.172. The van der Waals surface area contributed by atoms with Crippen LogP contribution in [0.15, 0.2) is 34.3 Å². The Morgan fingerprint density at radius 3 is 2.63 bits per heavy atom. The highest BCUT2D eigenvalue weighted by molar-refractivity contribution is 9.10. The van der Waals surface area contributed by atoms with Gasteiger partial charge in [-0.05, 0) is 62.2 Å². The summed E-state index contributed by atoms with van der Waals surface area (Å²) in [7, 11) is 1.63. The second-order valence-electron chi connectivity index (χ2n) is 6.73. The lowest BCUT2D eigenvalue weighted by atomic mass is 10.1. The second kappa shape index (κ2) is 10.8. The molecule has 0 radical (unpaired) electrons. The number of hydrogen-bond acceptors (Lipinski definition) is 5. The van der Waals surface area contributed by atoms with Crippen LogP contribution in [0, 0.1) is 32.1 Å². The van der Waals surface area contributed by atoms with Crippen LogP contribution in [-0.2, 0) is 25.6 Å². The molecule has 0 aliphatic carbocycles. The maximum atomic E-state index is 12.3. The molecular weight excluding hydrogens is 450 g/mol. The number of benzene rings is 1. The summed E-state index contributed by atoms with van der Waals surface area (Å²) in [4.78, 5) is 24.4. The number of esters is 1. The second-order valence-corrected chi connectivity index (χ2v) is 7.58. The largest absolute Gasteiger partial charge is 0.451 e. The molecular formula is C22H24BrN3O4. The summed E-state index contributed by atoms with van der Waals surface area (Å²) in [6, 6.07) is 9.08. The van der Waals surface area contributed by atoms with Crippen molar-refractivity contribution in [2.75, 3.05) is 25.6 Å². The average molecular weight is 474 g/mol. The van der Waals surface area contributed by atoms with E-state index < -0.39 is 18.5 Å². The Balaban J connectivity index is 2.03. The van der Waals surface area contributed by atoms with Crippen LogP contribution in [0.5, 0.6) is 0 Å². The molecule has 0 aliphatic rings. The van der Waals surface area contributed by atoms with E-state index in [1.54, 1.807) is 19.2 Å². The van der Waals surface area contributed by atoms with Gasteiger partial charge in [-0.3, -0.25) is 4.79 Å². The smallest absolute Gasteiger partial charge is 0.349 e. The minimum atomic E-state index is -0.846. The first-order chi connectivity index (χ1) is 14.3. The zero-order valence-corrected chi connectivity index (χ0v) is 19.0. The highest BCUT2D eigenvalue weighted by Gasteiger charge is 2.16. The fourth-order valence-corrected chi connectivity index (χ4v) is 3.17. The molecule has 0 saturated carbocycles. The SMILES string of the molecule is COCCn1c(C)cc(/C=C(\C#N)C(=O)OCC(=O)Nc2ccc(Br)c(C)c2)c1C. The van der Waals surface area contributed by atoms with Crippen molar-refractivity contribution in [1.29, 1.82) is 5.26 Å². The molecule has 30 heavy (non-hydrogen) atoms. The van der Waals surface area contributed by atoms with E-state index in [4.69, 9.17) is 9.47 Å². The minimum Gasteiger partial charge on any atom is -0.451 e. The van der Waals surface area contributed by atoms with Crippen LogP contribution < -0.4 is 5.32 Å². The standard InChI is InChI=1S/C22H24BrN3O4/c1-14-9-19(5-6-20(14)23)25-21(27)13-30-22(28)18(12-24)11-17-10-15(2)26(16(17)3)7-8-29-4/h5-6,9-11H,7-8,13H2,1-4H3,(H,25,27)/b18-11+. The van der Waals surface area contributed by atoms with Gasteiger partial charge >= 0.3 is 5.97 Å². The number of aryl methyl sites for hydroxylation is 2. The predicted molar refractivity (Wildman–Crippen MR) is 118 cm³/mol. The summed E-state index contributed by atoms with van der Waals surface area (Å²) in [6.07, 6.45) is 1.48. The number of ether oxygens (including phenoxy) is 2. The van der Waals surface area contributed by atoms with Gasteiger partial charge in [0.2, 0.25) is 0 Å². The van der Waals surface area contributed by atoms with Crippen molar-refractivity contribution in [3.8, 4) is 6.07 Å². The number of amides is 1. The molecule has 1 N–H and O–H groups in total. The van der Waals surface area contributed by atoms with E-state index in [0.29, 0.717) is 18.8 Å². The number of nitrogens with zero attached hydrogens (tertiary/aromatic N) is 2. The average Bonchev–Trinajstić information content (AvgIpc) is 2.98. The molecule has 2 rings (SSSR count). The molecule has 8 heteroatoms. The fourth-order valence-electron chi connectivity index (χ4n) is 2.92. The Kier molecular flexibility index (Phi) is 8.39. The lowest BCUT2D eigenvalue weighted by Gasteiger charge is -2.08. The highest BCUT2D eigenvalue weighted by atomic mass is 79.9. The van der Waals surface area contributed by atoms with Gasteiger partial charge in [0.25, 0.3) is 5.91 Å². The molecule has 0 aliphatic heterocycles. The number of rotatable bonds is 8. The Morgan fingerprint density at radius 1 is 1.27 bits per heavy atom. The summed E-state index contributed by atoms with van der Waals surface area (Å²) in [5.74, 6) is -1.33. The Labute approximate surface area is 184 Å². The monoisotopic (exact) mass is 473 g/mol. The van der Waals surface area contributed by atoms with E-state index in [1.165, 1.54) is 6.08 Å². The number of hydrogen-bond donors (Lipinski definition) is 1. The van der Waals surface area contributed by atoms with Crippen LogP contribution >= 0.6 is 15.9 Å². The quantitative estimate of drug-likeness (QED) is 0.356. The fraction of sp³-hybridized carbons (Fsp3) is 0.318. The van der Waals surface area contributed by atoms with Crippen molar-refractivity contribution >= 4 is 39.6 Å².